The number of fused-ring (bicyclic) bond motifs is 1. The van der Waals surface area contributed by atoms with Gasteiger partial charge in [-0.3, -0.25) is 14.5 Å². The topological polar surface area (TPSA) is 64.1 Å². The third-order valence-corrected chi connectivity index (χ3v) is 8.45. The molecule has 3 aliphatic heterocycles. The molecule has 0 aromatic rings. The average molecular weight is 390 g/mol. The van der Waals surface area contributed by atoms with Crippen molar-refractivity contribution in [2.45, 2.75) is 57.6 Å². The molecule has 1 N–H and O–H groups in total. The van der Waals surface area contributed by atoms with E-state index in [2.05, 4.69) is 16.7 Å². The lowest BCUT2D eigenvalue weighted by Gasteiger charge is -2.37. The molecule has 156 valence electrons. The van der Waals surface area contributed by atoms with Gasteiger partial charge in [0.05, 0.1) is 12.6 Å². The molecule has 6 atom stereocenters. The van der Waals surface area contributed by atoms with Crippen LogP contribution in [-0.2, 0) is 9.59 Å². The van der Waals surface area contributed by atoms with Gasteiger partial charge in [-0.05, 0) is 62.2 Å². The maximum atomic E-state index is 12.9. The highest BCUT2D eigenvalue weighted by molar-refractivity contribution is 5.81. The summed E-state index contributed by atoms with van der Waals surface area (Å²) in [6.07, 6.45) is 6.02. The van der Waals surface area contributed by atoms with Gasteiger partial charge >= 0.3 is 0 Å². The number of aliphatic hydroxyl groups is 1. The summed E-state index contributed by atoms with van der Waals surface area (Å²) in [7, 11) is 0. The van der Waals surface area contributed by atoms with Crippen molar-refractivity contribution in [3.8, 4) is 0 Å². The van der Waals surface area contributed by atoms with Gasteiger partial charge in [0.15, 0.2) is 0 Å². The average Bonchev–Trinajstić information content (AvgIpc) is 3.31. The standard InChI is InChI=1S/C22H35N3O3/c1-14-3-2-6-24(11-14)22(28)15-4-7-23(8-5-15)19(26)13-25-12-17-9-16-10-18(17)20(25)21(16)27/h14-18,20-21,27H,2-13H2,1H3. The number of carbonyl (C=O) groups excluding carboxylic acids is 2. The number of rotatable bonds is 3. The zero-order valence-corrected chi connectivity index (χ0v) is 17.1. The first-order chi connectivity index (χ1) is 13.5. The van der Waals surface area contributed by atoms with Crippen LogP contribution < -0.4 is 0 Å². The predicted octanol–water partition coefficient (Wildman–Crippen LogP) is 1.18. The molecule has 6 unspecified atom stereocenters. The number of aliphatic hydroxyl groups excluding tert-OH is 1. The normalized spacial score (nSPS) is 41.1. The van der Waals surface area contributed by atoms with Crippen LogP contribution in [0.25, 0.3) is 0 Å². The minimum absolute atomic E-state index is 0.0920. The first kappa shape index (κ1) is 18.9. The lowest BCUT2D eigenvalue weighted by atomic mass is 9.88. The van der Waals surface area contributed by atoms with Gasteiger partial charge in [0.2, 0.25) is 11.8 Å². The molecule has 3 saturated heterocycles. The molecule has 6 nitrogen and oxygen atoms in total. The van der Waals surface area contributed by atoms with Gasteiger partial charge in [-0.1, -0.05) is 6.92 Å². The summed E-state index contributed by atoms with van der Waals surface area (Å²) < 4.78 is 0. The van der Waals surface area contributed by atoms with Gasteiger partial charge in [-0.25, -0.2) is 0 Å². The lowest BCUT2D eigenvalue weighted by molar-refractivity contribution is -0.142. The van der Waals surface area contributed by atoms with Crippen LogP contribution in [0.4, 0.5) is 0 Å². The van der Waals surface area contributed by atoms with Crippen LogP contribution in [0.1, 0.15) is 45.4 Å². The third kappa shape index (κ3) is 3.17. The van der Waals surface area contributed by atoms with Crippen molar-refractivity contribution in [2.75, 3.05) is 39.3 Å². The second-order valence-corrected chi connectivity index (χ2v) is 10.3. The molecule has 5 aliphatic rings. The minimum atomic E-state index is -0.230. The van der Waals surface area contributed by atoms with Gasteiger partial charge in [0.25, 0.3) is 0 Å². The Labute approximate surface area is 168 Å². The number of hydrogen-bond acceptors (Lipinski definition) is 4. The summed E-state index contributed by atoms with van der Waals surface area (Å²) in [6, 6.07) is 0.216. The smallest absolute Gasteiger partial charge is 0.236 e. The van der Waals surface area contributed by atoms with Crippen molar-refractivity contribution in [3.63, 3.8) is 0 Å². The number of likely N-dealkylation sites (tertiary alicyclic amines) is 3. The first-order valence-electron chi connectivity index (χ1n) is 11.5. The number of carbonyl (C=O) groups is 2. The summed E-state index contributed by atoms with van der Waals surface area (Å²) in [5.74, 6) is 2.99. The maximum absolute atomic E-state index is 12.9. The molecule has 0 spiro atoms. The molecule has 3 heterocycles. The SMILES string of the molecule is CC1CCCN(C(=O)C2CCN(C(=O)CN3CC4CC5CC4C3C5O)CC2)C1. The molecule has 6 heteroatoms. The number of hydrogen-bond donors (Lipinski definition) is 1. The molecule has 2 aliphatic carbocycles. The van der Waals surface area contributed by atoms with E-state index in [0.29, 0.717) is 49.2 Å². The van der Waals surface area contributed by atoms with E-state index in [0.717, 1.165) is 51.7 Å². The van der Waals surface area contributed by atoms with Crippen LogP contribution in [0.3, 0.4) is 0 Å². The zero-order chi connectivity index (χ0) is 19.4. The quantitative estimate of drug-likeness (QED) is 0.787. The van der Waals surface area contributed by atoms with Crippen molar-refractivity contribution < 1.29 is 14.7 Å². The van der Waals surface area contributed by atoms with Crippen LogP contribution in [0.15, 0.2) is 0 Å². The predicted molar refractivity (Wildman–Crippen MR) is 105 cm³/mol. The van der Waals surface area contributed by atoms with Crippen LogP contribution in [-0.4, -0.2) is 83.0 Å². The van der Waals surface area contributed by atoms with Crippen molar-refractivity contribution in [2.24, 2.45) is 29.6 Å². The Morgan fingerprint density at radius 1 is 0.964 bits per heavy atom. The molecule has 2 saturated carbocycles. The molecular formula is C22H35N3O3. The molecule has 2 amide bonds. The molecule has 0 radical (unpaired) electrons. The number of amides is 2. The Morgan fingerprint density at radius 3 is 2.46 bits per heavy atom. The van der Waals surface area contributed by atoms with Crippen LogP contribution in [0.5, 0.6) is 0 Å². The Bertz CT molecular complexity index is 631. The van der Waals surface area contributed by atoms with Crippen molar-refractivity contribution in [1.29, 1.82) is 0 Å². The third-order valence-electron chi connectivity index (χ3n) is 8.45. The summed E-state index contributed by atoms with van der Waals surface area (Å²) in [5.41, 5.74) is 0. The highest BCUT2D eigenvalue weighted by Gasteiger charge is 2.58. The Balaban J connectivity index is 1.12. The molecule has 28 heavy (non-hydrogen) atoms. The summed E-state index contributed by atoms with van der Waals surface area (Å²) in [6.45, 7) is 6.88. The van der Waals surface area contributed by atoms with E-state index in [4.69, 9.17) is 0 Å². The zero-order valence-electron chi connectivity index (χ0n) is 17.1. The molecule has 2 bridgehead atoms. The molecule has 0 aromatic carbocycles. The van der Waals surface area contributed by atoms with E-state index < -0.39 is 0 Å². The van der Waals surface area contributed by atoms with Gasteiger partial charge < -0.3 is 14.9 Å². The largest absolute Gasteiger partial charge is 0.391 e. The van der Waals surface area contributed by atoms with Crippen LogP contribution in [0, 0.1) is 29.6 Å². The van der Waals surface area contributed by atoms with Crippen molar-refractivity contribution >= 4 is 11.8 Å². The van der Waals surface area contributed by atoms with E-state index in [1.54, 1.807) is 0 Å². The Hall–Kier alpha value is -1.14. The van der Waals surface area contributed by atoms with Gasteiger partial charge in [-0.15, -0.1) is 0 Å². The van der Waals surface area contributed by atoms with Gasteiger partial charge in [0.1, 0.15) is 0 Å². The summed E-state index contributed by atoms with van der Waals surface area (Å²) >= 11 is 0. The first-order valence-corrected chi connectivity index (χ1v) is 11.5. The van der Waals surface area contributed by atoms with Crippen molar-refractivity contribution in [3.05, 3.63) is 0 Å². The van der Waals surface area contributed by atoms with E-state index in [1.165, 1.54) is 6.42 Å². The van der Waals surface area contributed by atoms with Crippen LogP contribution in [0.2, 0.25) is 0 Å². The minimum Gasteiger partial charge on any atom is -0.391 e. The number of nitrogens with zero attached hydrogens (tertiary/aromatic N) is 3. The number of piperidine rings is 2. The van der Waals surface area contributed by atoms with E-state index in [-0.39, 0.29) is 24.0 Å². The monoisotopic (exact) mass is 389 g/mol. The fourth-order valence-electron chi connectivity index (χ4n) is 7.02. The fraction of sp³-hybridized carbons (Fsp3) is 0.909. The van der Waals surface area contributed by atoms with Gasteiger partial charge in [-0.2, -0.15) is 0 Å². The lowest BCUT2D eigenvalue weighted by Crippen LogP contribution is -2.50. The second kappa shape index (κ2) is 7.28. The Morgan fingerprint density at radius 2 is 1.75 bits per heavy atom. The van der Waals surface area contributed by atoms with E-state index >= 15 is 0 Å². The molecule has 5 fully saturated rings. The maximum Gasteiger partial charge on any atom is 0.236 e. The molecule has 0 aromatic heterocycles. The van der Waals surface area contributed by atoms with Crippen LogP contribution >= 0.6 is 0 Å². The molecular weight excluding hydrogens is 354 g/mol. The van der Waals surface area contributed by atoms with E-state index in [1.807, 2.05) is 4.90 Å². The fourth-order valence-corrected chi connectivity index (χ4v) is 7.02. The highest BCUT2D eigenvalue weighted by atomic mass is 16.3. The van der Waals surface area contributed by atoms with E-state index in [9.17, 15) is 14.7 Å². The molecule has 5 rings (SSSR count). The second-order valence-electron chi connectivity index (χ2n) is 10.3. The highest BCUT2D eigenvalue weighted by Crippen LogP contribution is 2.54. The Kier molecular flexibility index (Phi) is 4.90. The summed E-state index contributed by atoms with van der Waals surface area (Å²) in [5, 5.41) is 10.5. The van der Waals surface area contributed by atoms with Gasteiger partial charge in [0, 0.05) is 44.7 Å². The van der Waals surface area contributed by atoms with Crippen molar-refractivity contribution in [1.82, 2.24) is 14.7 Å². The summed E-state index contributed by atoms with van der Waals surface area (Å²) in [4.78, 5) is 32.0.